The Morgan fingerprint density at radius 3 is 2.57 bits per heavy atom. The quantitative estimate of drug-likeness (QED) is 0.684. The molecule has 1 aliphatic rings. The van der Waals surface area contributed by atoms with Crippen LogP contribution in [0.2, 0.25) is 0 Å². The predicted octanol–water partition coefficient (Wildman–Crippen LogP) is 0.836. The zero-order valence-corrected chi connectivity index (χ0v) is 8.70. The van der Waals surface area contributed by atoms with Gasteiger partial charge >= 0.3 is 5.97 Å². The van der Waals surface area contributed by atoms with Crippen molar-refractivity contribution in [3.8, 4) is 0 Å². The number of hydrogen-bond acceptors (Lipinski definition) is 4. The molecular formula is C10H19NO3. The molecule has 2 N–H and O–H groups in total. The highest BCUT2D eigenvalue weighted by Gasteiger charge is 2.23. The van der Waals surface area contributed by atoms with Gasteiger partial charge in [-0.15, -0.1) is 0 Å². The molecule has 0 spiro atoms. The normalized spacial score (nSPS) is 20.4. The van der Waals surface area contributed by atoms with E-state index in [1.165, 1.54) is 13.5 Å². The van der Waals surface area contributed by atoms with Crippen LogP contribution in [0.5, 0.6) is 0 Å². The molecule has 0 aromatic heterocycles. The van der Waals surface area contributed by atoms with E-state index in [9.17, 15) is 4.79 Å². The molecule has 0 bridgehead atoms. The van der Waals surface area contributed by atoms with Crippen molar-refractivity contribution in [2.24, 2.45) is 5.73 Å². The third-order valence-corrected chi connectivity index (χ3v) is 2.60. The van der Waals surface area contributed by atoms with Crippen molar-refractivity contribution in [3.05, 3.63) is 0 Å². The van der Waals surface area contributed by atoms with E-state index in [2.05, 4.69) is 0 Å². The number of nitrogens with two attached hydrogens (primary N) is 1. The lowest BCUT2D eigenvalue weighted by atomic mass is 9.98. The van der Waals surface area contributed by atoms with Gasteiger partial charge in [0.05, 0.1) is 0 Å². The summed E-state index contributed by atoms with van der Waals surface area (Å²) < 4.78 is 10.2. The molecule has 1 aliphatic carbocycles. The van der Waals surface area contributed by atoms with E-state index in [1.54, 1.807) is 0 Å². The summed E-state index contributed by atoms with van der Waals surface area (Å²) in [5, 5.41) is 0. The van der Waals surface area contributed by atoms with Gasteiger partial charge in [-0.05, 0) is 25.7 Å². The molecule has 1 fully saturated rings. The maximum absolute atomic E-state index is 11.4. The Morgan fingerprint density at radius 1 is 1.43 bits per heavy atom. The Balaban J connectivity index is 2.30. The van der Waals surface area contributed by atoms with Crippen molar-refractivity contribution in [2.45, 2.75) is 44.3 Å². The highest BCUT2D eigenvalue weighted by Crippen LogP contribution is 2.20. The summed E-state index contributed by atoms with van der Waals surface area (Å²) in [5.74, 6) is -0.318. The van der Waals surface area contributed by atoms with E-state index in [4.69, 9.17) is 15.2 Å². The zero-order valence-electron chi connectivity index (χ0n) is 8.70. The molecule has 1 atom stereocenters. The summed E-state index contributed by atoms with van der Waals surface area (Å²) in [6, 6.07) is 0. The number of ether oxygens (including phenoxy) is 2. The second-order valence-corrected chi connectivity index (χ2v) is 3.66. The number of esters is 1. The fourth-order valence-electron chi connectivity index (χ4n) is 1.71. The van der Waals surface area contributed by atoms with E-state index in [0.29, 0.717) is 0 Å². The van der Waals surface area contributed by atoms with Gasteiger partial charge in [0, 0.05) is 13.7 Å². The summed E-state index contributed by atoms with van der Waals surface area (Å²) in [5.41, 5.74) is 5.36. The van der Waals surface area contributed by atoms with Gasteiger partial charge in [-0.25, -0.2) is 4.79 Å². The van der Waals surface area contributed by atoms with Crippen LogP contribution in [0, 0.1) is 0 Å². The van der Waals surface area contributed by atoms with Crippen molar-refractivity contribution in [1.29, 1.82) is 0 Å². The van der Waals surface area contributed by atoms with Crippen LogP contribution in [0.25, 0.3) is 0 Å². The first-order valence-corrected chi connectivity index (χ1v) is 5.21. The molecule has 0 aliphatic heterocycles. The highest BCUT2D eigenvalue weighted by molar-refractivity contribution is 5.75. The molecule has 1 unspecified atom stereocenters. The Morgan fingerprint density at radius 2 is 2.07 bits per heavy atom. The fraction of sp³-hybridized carbons (Fsp3) is 0.900. The number of carbonyl (C=O) groups is 1. The molecule has 0 aromatic carbocycles. The summed E-state index contributed by atoms with van der Waals surface area (Å²) >= 11 is 0. The zero-order chi connectivity index (χ0) is 10.4. The van der Waals surface area contributed by atoms with E-state index >= 15 is 0 Å². The van der Waals surface area contributed by atoms with Gasteiger partial charge in [-0.1, -0.05) is 6.42 Å². The minimum atomic E-state index is -0.600. The van der Waals surface area contributed by atoms with E-state index in [0.717, 1.165) is 25.7 Å². The summed E-state index contributed by atoms with van der Waals surface area (Å²) in [4.78, 5) is 11.4. The van der Waals surface area contributed by atoms with Crippen molar-refractivity contribution in [1.82, 2.24) is 0 Å². The molecule has 1 rings (SSSR count). The molecule has 0 heterocycles. The van der Waals surface area contributed by atoms with Crippen molar-refractivity contribution in [2.75, 3.05) is 13.7 Å². The molecule has 82 valence electrons. The van der Waals surface area contributed by atoms with Crippen molar-refractivity contribution in [3.63, 3.8) is 0 Å². The van der Waals surface area contributed by atoms with Crippen LogP contribution in [0.15, 0.2) is 0 Å². The minimum absolute atomic E-state index is 0.0837. The monoisotopic (exact) mass is 201 g/mol. The SMILES string of the molecule is COC(CN)C(=O)OC1CCCCC1. The molecule has 1 saturated carbocycles. The smallest absolute Gasteiger partial charge is 0.336 e. The molecule has 0 amide bonds. The van der Waals surface area contributed by atoms with E-state index in [1.807, 2.05) is 0 Å². The van der Waals surface area contributed by atoms with E-state index < -0.39 is 6.10 Å². The third kappa shape index (κ3) is 3.27. The van der Waals surface area contributed by atoms with Crippen LogP contribution in [0.3, 0.4) is 0 Å². The van der Waals surface area contributed by atoms with Gasteiger partial charge in [0.1, 0.15) is 6.10 Å². The Hall–Kier alpha value is -0.610. The van der Waals surface area contributed by atoms with Crippen LogP contribution in [0.1, 0.15) is 32.1 Å². The van der Waals surface area contributed by atoms with Crippen molar-refractivity contribution < 1.29 is 14.3 Å². The molecule has 0 aromatic rings. The number of methoxy groups -OCH3 is 1. The molecule has 4 nitrogen and oxygen atoms in total. The summed E-state index contributed by atoms with van der Waals surface area (Å²) in [6.45, 7) is 0.183. The lowest BCUT2D eigenvalue weighted by molar-refractivity contribution is -0.161. The molecule has 0 radical (unpaired) electrons. The molecule has 4 heteroatoms. The largest absolute Gasteiger partial charge is 0.460 e. The van der Waals surface area contributed by atoms with Crippen LogP contribution in [-0.4, -0.2) is 31.8 Å². The average molecular weight is 201 g/mol. The standard InChI is InChI=1S/C10H19NO3/c1-13-9(7-11)10(12)14-8-5-3-2-4-6-8/h8-9H,2-7,11H2,1H3. The van der Waals surface area contributed by atoms with Gasteiger partial charge in [-0.2, -0.15) is 0 Å². The van der Waals surface area contributed by atoms with Gasteiger partial charge < -0.3 is 15.2 Å². The maximum Gasteiger partial charge on any atom is 0.336 e. The maximum atomic E-state index is 11.4. The fourth-order valence-corrected chi connectivity index (χ4v) is 1.71. The Kier molecular flexibility index (Phi) is 4.90. The lowest BCUT2D eigenvalue weighted by Crippen LogP contribution is -2.35. The number of hydrogen-bond donors (Lipinski definition) is 1. The molecular weight excluding hydrogens is 182 g/mol. The topological polar surface area (TPSA) is 61.5 Å². The van der Waals surface area contributed by atoms with Crippen LogP contribution in [0.4, 0.5) is 0 Å². The Labute approximate surface area is 84.7 Å². The second kappa shape index (κ2) is 5.98. The second-order valence-electron chi connectivity index (χ2n) is 3.66. The first-order chi connectivity index (χ1) is 6.77. The van der Waals surface area contributed by atoms with Gasteiger partial charge in [-0.3, -0.25) is 0 Å². The summed E-state index contributed by atoms with van der Waals surface area (Å²) in [7, 11) is 1.47. The van der Waals surface area contributed by atoms with Crippen LogP contribution in [-0.2, 0) is 14.3 Å². The van der Waals surface area contributed by atoms with Gasteiger partial charge in [0.2, 0.25) is 0 Å². The van der Waals surface area contributed by atoms with Gasteiger partial charge in [0.25, 0.3) is 0 Å². The molecule has 0 saturated heterocycles. The average Bonchev–Trinajstić information content (AvgIpc) is 2.21. The van der Waals surface area contributed by atoms with Gasteiger partial charge in [0.15, 0.2) is 6.10 Å². The van der Waals surface area contributed by atoms with E-state index in [-0.39, 0.29) is 18.6 Å². The highest BCUT2D eigenvalue weighted by atomic mass is 16.6. The molecule has 14 heavy (non-hydrogen) atoms. The minimum Gasteiger partial charge on any atom is -0.460 e. The predicted molar refractivity (Wildman–Crippen MR) is 52.8 cm³/mol. The number of carbonyl (C=O) groups excluding carboxylic acids is 1. The summed E-state index contributed by atoms with van der Waals surface area (Å²) in [6.07, 6.45) is 4.99. The first kappa shape index (κ1) is 11.5. The van der Waals surface area contributed by atoms with Crippen molar-refractivity contribution >= 4 is 5.97 Å². The van der Waals surface area contributed by atoms with Crippen LogP contribution < -0.4 is 5.73 Å². The van der Waals surface area contributed by atoms with Crippen LogP contribution >= 0.6 is 0 Å². The lowest BCUT2D eigenvalue weighted by Gasteiger charge is -2.23. The Bertz CT molecular complexity index is 174. The first-order valence-electron chi connectivity index (χ1n) is 5.21. The third-order valence-electron chi connectivity index (χ3n) is 2.60. The number of rotatable bonds is 4.